The standard InChI is InChI=1S/C14H23N3O2/c1-5-7-10(17-14(2,3)4)12(18)13(19)16-11-8-6-9-15-11/h6,8,10,17H,5,7,9H2,1-4H3,(H,15,16,19). The van der Waals surface area contributed by atoms with Crippen LogP contribution in [0, 0.1) is 0 Å². The maximum Gasteiger partial charge on any atom is 0.294 e. The molecule has 1 aliphatic rings. The van der Waals surface area contributed by atoms with Crippen LogP contribution in [0.15, 0.2) is 17.1 Å². The summed E-state index contributed by atoms with van der Waals surface area (Å²) in [7, 11) is 0. The summed E-state index contributed by atoms with van der Waals surface area (Å²) in [5.74, 6) is -0.565. The quantitative estimate of drug-likeness (QED) is 0.734. The number of amides is 1. The molecule has 0 fully saturated rings. The van der Waals surface area contributed by atoms with Gasteiger partial charge < -0.3 is 10.6 Å². The first-order valence-corrected chi connectivity index (χ1v) is 6.67. The van der Waals surface area contributed by atoms with E-state index in [2.05, 4.69) is 15.6 Å². The van der Waals surface area contributed by atoms with E-state index in [9.17, 15) is 9.59 Å². The molecule has 0 aromatic heterocycles. The van der Waals surface area contributed by atoms with Crippen molar-refractivity contribution >= 4 is 17.5 Å². The Morgan fingerprint density at radius 1 is 1.42 bits per heavy atom. The van der Waals surface area contributed by atoms with Crippen LogP contribution in [0.5, 0.6) is 0 Å². The fraction of sp³-hybridized carbons (Fsp3) is 0.643. The number of hydrogen-bond acceptors (Lipinski definition) is 4. The number of aliphatic imine (C=N–C) groups is 1. The summed E-state index contributed by atoms with van der Waals surface area (Å²) in [6.07, 6.45) is 5.02. The van der Waals surface area contributed by atoms with Crippen molar-refractivity contribution in [2.75, 3.05) is 6.54 Å². The first kappa shape index (κ1) is 15.6. The molecule has 5 heteroatoms. The number of ketones is 1. The lowest BCUT2D eigenvalue weighted by molar-refractivity contribution is -0.138. The number of carbonyl (C=O) groups is 2. The zero-order chi connectivity index (χ0) is 14.5. The van der Waals surface area contributed by atoms with Gasteiger partial charge in [0.25, 0.3) is 5.91 Å². The highest BCUT2D eigenvalue weighted by Gasteiger charge is 2.28. The molecule has 1 heterocycles. The second-order valence-electron chi connectivity index (χ2n) is 5.68. The van der Waals surface area contributed by atoms with Crippen LogP contribution in [0.1, 0.15) is 40.5 Å². The summed E-state index contributed by atoms with van der Waals surface area (Å²) >= 11 is 0. The minimum Gasteiger partial charge on any atom is -0.304 e. The number of carbonyl (C=O) groups excluding carboxylic acids is 2. The highest BCUT2D eigenvalue weighted by Crippen LogP contribution is 2.07. The lowest BCUT2D eigenvalue weighted by Gasteiger charge is -2.27. The molecule has 2 N–H and O–H groups in total. The molecule has 0 aromatic rings. The van der Waals surface area contributed by atoms with Crippen LogP contribution in [-0.4, -0.2) is 35.7 Å². The van der Waals surface area contributed by atoms with Crippen molar-refractivity contribution in [1.82, 2.24) is 10.6 Å². The largest absolute Gasteiger partial charge is 0.304 e. The van der Waals surface area contributed by atoms with Gasteiger partial charge in [-0.2, -0.15) is 0 Å². The van der Waals surface area contributed by atoms with Crippen molar-refractivity contribution < 1.29 is 9.59 Å². The molecule has 5 nitrogen and oxygen atoms in total. The molecule has 19 heavy (non-hydrogen) atoms. The molecule has 1 rings (SSSR count). The van der Waals surface area contributed by atoms with Gasteiger partial charge in [0.15, 0.2) is 0 Å². The van der Waals surface area contributed by atoms with E-state index in [1.165, 1.54) is 0 Å². The monoisotopic (exact) mass is 265 g/mol. The smallest absolute Gasteiger partial charge is 0.294 e. The SMILES string of the molecule is CCCC(NC(C)(C)C)C(=O)C(=O)NC1=NCC=C1. The zero-order valence-corrected chi connectivity index (χ0v) is 12.1. The average molecular weight is 265 g/mol. The molecular formula is C14H23N3O2. The second kappa shape index (κ2) is 6.61. The van der Waals surface area contributed by atoms with Crippen molar-refractivity contribution in [2.24, 2.45) is 4.99 Å². The molecule has 0 radical (unpaired) electrons. The molecule has 1 aliphatic heterocycles. The summed E-state index contributed by atoms with van der Waals surface area (Å²) in [6.45, 7) is 8.48. The van der Waals surface area contributed by atoms with Crippen LogP contribution in [0.4, 0.5) is 0 Å². The Labute approximate surface area is 114 Å². The van der Waals surface area contributed by atoms with Crippen LogP contribution >= 0.6 is 0 Å². The lowest BCUT2D eigenvalue weighted by Crippen LogP contribution is -2.52. The van der Waals surface area contributed by atoms with Gasteiger partial charge in [0.05, 0.1) is 12.6 Å². The van der Waals surface area contributed by atoms with E-state index >= 15 is 0 Å². The lowest BCUT2D eigenvalue weighted by atomic mass is 10.0. The van der Waals surface area contributed by atoms with Crippen molar-refractivity contribution in [1.29, 1.82) is 0 Å². The van der Waals surface area contributed by atoms with Crippen LogP contribution in [0.3, 0.4) is 0 Å². The van der Waals surface area contributed by atoms with Gasteiger partial charge in [0, 0.05) is 5.54 Å². The minimum atomic E-state index is -0.597. The van der Waals surface area contributed by atoms with Crippen molar-refractivity contribution in [3.63, 3.8) is 0 Å². The van der Waals surface area contributed by atoms with Crippen LogP contribution in [0.2, 0.25) is 0 Å². The van der Waals surface area contributed by atoms with Crippen molar-refractivity contribution in [3.05, 3.63) is 12.2 Å². The van der Waals surface area contributed by atoms with Gasteiger partial charge >= 0.3 is 0 Å². The third-order valence-electron chi connectivity index (χ3n) is 2.61. The molecule has 106 valence electrons. The normalized spacial score (nSPS) is 16.1. The van der Waals surface area contributed by atoms with Gasteiger partial charge in [-0.25, -0.2) is 0 Å². The van der Waals surface area contributed by atoms with Gasteiger partial charge in [-0.3, -0.25) is 14.6 Å². The Balaban J connectivity index is 2.64. The summed E-state index contributed by atoms with van der Waals surface area (Å²) in [5.41, 5.74) is -0.208. The maximum absolute atomic E-state index is 12.1. The highest BCUT2D eigenvalue weighted by molar-refractivity contribution is 6.41. The van der Waals surface area contributed by atoms with Crippen molar-refractivity contribution in [3.8, 4) is 0 Å². The Hall–Kier alpha value is -1.49. The fourth-order valence-corrected chi connectivity index (χ4v) is 1.87. The van der Waals surface area contributed by atoms with Gasteiger partial charge in [0.2, 0.25) is 5.78 Å². The number of hydrogen-bond donors (Lipinski definition) is 2. The number of rotatable bonds is 5. The fourth-order valence-electron chi connectivity index (χ4n) is 1.87. The highest BCUT2D eigenvalue weighted by atomic mass is 16.2. The Morgan fingerprint density at radius 3 is 2.58 bits per heavy atom. The average Bonchev–Trinajstić information content (AvgIpc) is 2.78. The van der Waals surface area contributed by atoms with Crippen LogP contribution < -0.4 is 10.6 Å². The van der Waals surface area contributed by atoms with Crippen LogP contribution in [-0.2, 0) is 9.59 Å². The van der Waals surface area contributed by atoms with Crippen LogP contribution in [0.25, 0.3) is 0 Å². The molecule has 0 bridgehead atoms. The van der Waals surface area contributed by atoms with Gasteiger partial charge in [0.1, 0.15) is 5.84 Å². The van der Waals surface area contributed by atoms with E-state index in [0.29, 0.717) is 18.8 Å². The third-order valence-corrected chi connectivity index (χ3v) is 2.61. The van der Waals surface area contributed by atoms with E-state index < -0.39 is 17.7 Å². The number of amidine groups is 1. The number of nitrogens with one attached hydrogen (secondary N) is 2. The van der Waals surface area contributed by atoms with E-state index in [1.54, 1.807) is 6.08 Å². The molecule has 0 aromatic carbocycles. The first-order chi connectivity index (χ1) is 8.83. The Bertz CT molecular complexity index is 405. The molecule has 0 saturated carbocycles. The summed E-state index contributed by atoms with van der Waals surface area (Å²) in [5, 5.41) is 5.73. The van der Waals surface area contributed by atoms with Gasteiger partial charge in [-0.1, -0.05) is 19.4 Å². The van der Waals surface area contributed by atoms with Gasteiger partial charge in [-0.15, -0.1) is 0 Å². The number of nitrogens with zero attached hydrogens (tertiary/aromatic N) is 1. The second-order valence-corrected chi connectivity index (χ2v) is 5.68. The van der Waals surface area contributed by atoms with Crippen molar-refractivity contribution in [2.45, 2.75) is 52.1 Å². The predicted octanol–water partition coefficient (Wildman–Crippen LogP) is 1.20. The Morgan fingerprint density at radius 2 is 2.11 bits per heavy atom. The molecule has 1 atom stereocenters. The molecular weight excluding hydrogens is 242 g/mol. The molecule has 0 saturated heterocycles. The topological polar surface area (TPSA) is 70.6 Å². The molecule has 1 unspecified atom stereocenters. The van der Waals surface area contributed by atoms with E-state index in [1.807, 2.05) is 33.8 Å². The molecule has 1 amide bonds. The third kappa shape index (κ3) is 5.34. The van der Waals surface area contributed by atoms with E-state index in [4.69, 9.17) is 0 Å². The first-order valence-electron chi connectivity index (χ1n) is 6.67. The summed E-state index contributed by atoms with van der Waals surface area (Å²) < 4.78 is 0. The molecule has 0 spiro atoms. The maximum atomic E-state index is 12.1. The van der Waals surface area contributed by atoms with E-state index in [0.717, 1.165) is 6.42 Å². The van der Waals surface area contributed by atoms with E-state index in [-0.39, 0.29) is 5.54 Å². The van der Waals surface area contributed by atoms with Gasteiger partial charge in [-0.05, 0) is 33.3 Å². The minimum absolute atomic E-state index is 0.208. The number of Topliss-reactive ketones (excluding diaryl/α,β-unsaturated/α-hetero) is 1. The summed E-state index contributed by atoms with van der Waals surface area (Å²) in [6, 6.07) is -0.448. The predicted molar refractivity (Wildman–Crippen MR) is 76.2 cm³/mol. The molecule has 0 aliphatic carbocycles. The summed E-state index contributed by atoms with van der Waals surface area (Å²) in [4.78, 5) is 28.1. The Kier molecular flexibility index (Phi) is 5.42. The zero-order valence-electron chi connectivity index (χ0n) is 12.1.